The van der Waals surface area contributed by atoms with E-state index >= 15 is 0 Å². The molecule has 0 bridgehead atoms. The zero-order chi connectivity index (χ0) is 22.3. The molecular formula is C23H19ClN4O2S. The molecule has 0 atom stereocenters. The average molecular weight is 451 g/mol. The highest BCUT2D eigenvalue weighted by atomic mass is 35.5. The van der Waals surface area contributed by atoms with Gasteiger partial charge in [-0.25, -0.2) is 4.98 Å². The average Bonchev–Trinajstić information content (AvgIpc) is 2.99. The van der Waals surface area contributed by atoms with Gasteiger partial charge in [-0.1, -0.05) is 23.7 Å². The zero-order valence-electron chi connectivity index (χ0n) is 17.1. The second kappa shape index (κ2) is 8.09. The minimum absolute atomic E-state index is 0.00492. The van der Waals surface area contributed by atoms with E-state index in [1.807, 2.05) is 43.5 Å². The van der Waals surface area contributed by atoms with E-state index < -0.39 is 11.8 Å². The minimum Gasteiger partial charge on any atom is -0.303 e. The maximum absolute atomic E-state index is 13.3. The van der Waals surface area contributed by atoms with Crippen molar-refractivity contribution in [3.8, 4) is 5.82 Å². The van der Waals surface area contributed by atoms with Crippen molar-refractivity contribution < 1.29 is 9.59 Å². The predicted molar refractivity (Wildman–Crippen MR) is 125 cm³/mol. The highest BCUT2D eigenvalue weighted by Gasteiger charge is 2.35. The Morgan fingerprint density at radius 2 is 1.84 bits per heavy atom. The summed E-state index contributed by atoms with van der Waals surface area (Å²) in [5, 5.41) is 2.94. The number of para-hydroxylation sites is 1. The van der Waals surface area contributed by atoms with Crippen LogP contribution in [0.3, 0.4) is 0 Å². The lowest BCUT2D eigenvalue weighted by Gasteiger charge is -2.29. The van der Waals surface area contributed by atoms with Crippen LogP contribution in [0.15, 0.2) is 54.2 Å². The maximum Gasteiger partial charge on any atom is 0.270 e. The summed E-state index contributed by atoms with van der Waals surface area (Å²) in [6, 6.07) is 12.7. The van der Waals surface area contributed by atoms with Crippen molar-refractivity contribution in [3.63, 3.8) is 0 Å². The van der Waals surface area contributed by atoms with Gasteiger partial charge in [-0.3, -0.25) is 19.8 Å². The van der Waals surface area contributed by atoms with Crippen LogP contribution < -0.4 is 10.2 Å². The van der Waals surface area contributed by atoms with E-state index in [0.29, 0.717) is 10.7 Å². The molecule has 31 heavy (non-hydrogen) atoms. The van der Waals surface area contributed by atoms with Crippen molar-refractivity contribution in [2.45, 2.75) is 20.8 Å². The van der Waals surface area contributed by atoms with Crippen molar-refractivity contribution >= 4 is 52.5 Å². The molecule has 2 aromatic heterocycles. The maximum atomic E-state index is 13.3. The summed E-state index contributed by atoms with van der Waals surface area (Å²) >= 11 is 11.5. The van der Waals surface area contributed by atoms with Gasteiger partial charge in [0.05, 0.1) is 10.7 Å². The molecule has 4 rings (SSSR count). The van der Waals surface area contributed by atoms with Gasteiger partial charge in [0, 0.05) is 17.6 Å². The SMILES string of the molecule is Cc1ccnc(-n2c(C)cc(/C=C3\C(=O)NC(=S)N(c4ccccc4Cl)C3=O)c2C)c1. The Hall–Kier alpha value is -3.29. The molecule has 1 fully saturated rings. The summed E-state index contributed by atoms with van der Waals surface area (Å²) in [6.45, 7) is 5.87. The number of benzene rings is 1. The summed E-state index contributed by atoms with van der Waals surface area (Å²) in [5.41, 5.74) is 4.02. The number of carbonyl (C=O) groups is 2. The van der Waals surface area contributed by atoms with E-state index in [1.165, 1.54) is 4.90 Å². The van der Waals surface area contributed by atoms with E-state index in [0.717, 1.165) is 28.3 Å². The molecular weight excluding hydrogens is 432 g/mol. The number of anilines is 1. The molecule has 3 heterocycles. The number of aryl methyl sites for hydroxylation is 2. The van der Waals surface area contributed by atoms with Crippen LogP contribution >= 0.6 is 23.8 Å². The summed E-state index contributed by atoms with van der Waals surface area (Å²) in [5.74, 6) is -0.296. The number of nitrogens with one attached hydrogen (secondary N) is 1. The molecule has 6 nitrogen and oxygen atoms in total. The fourth-order valence-corrected chi connectivity index (χ4v) is 4.09. The molecule has 1 N–H and O–H groups in total. The van der Waals surface area contributed by atoms with Crippen molar-refractivity contribution in [1.82, 2.24) is 14.9 Å². The van der Waals surface area contributed by atoms with Crippen LogP contribution in [0, 0.1) is 20.8 Å². The van der Waals surface area contributed by atoms with Gasteiger partial charge in [0.15, 0.2) is 5.11 Å². The number of amides is 2. The number of hydrogen-bond donors (Lipinski definition) is 1. The highest BCUT2D eigenvalue weighted by molar-refractivity contribution is 7.80. The first-order valence-corrected chi connectivity index (χ1v) is 10.3. The largest absolute Gasteiger partial charge is 0.303 e. The van der Waals surface area contributed by atoms with Gasteiger partial charge in [0.25, 0.3) is 11.8 Å². The van der Waals surface area contributed by atoms with E-state index in [9.17, 15) is 9.59 Å². The first-order valence-electron chi connectivity index (χ1n) is 9.56. The molecule has 2 amide bonds. The highest BCUT2D eigenvalue weighted by Crippen LogP contribution is 2.30. The zero-order valence-corrected chi connectivity index (χ0v) is 18.7. The van der Waals surface area contributed by atoms with E-state index in [4.69, 9.17) is 23.8 Å². The molecule has 1 aromatic carbocycles. The number of rotatable bonds is 3. The van der Waals surface area contributed by atoms with Crippen molar-refractivity contribution in [1.29, 1.82) is 0 Å². The Bertz CT molecular complexity index is 1280. The predicted octanol–water partition coefficient (Wildman–Crippen LogP) is 4.28. The Kier molecular flexibility index (Phi) is 5.47. The fraction of sp³-hybridized carbons (Fsp3) is 0.130. The van der Waals surface area contributed by atoms with Gasteiger partial charge < -0.3 is 4.57 Å². The molecule has 0 spiro atoms. The summed E-state index contributed by atoms with van der Waals surface area (Å²) in [6.07, 6.45) is 3.33. The Morgan fingerprint density at radius 1 is 1.10 bits per heavy atom. The van der Waals surface area contributed by atoms with Crippen molar-refractivity contribution in [2.75, 3.05) is 4.90 Å². The normalized spacial score (nSPS) is 15.5. The van der Waals surface area contributed by atoms with Gasteiger partial charge in [-0.2, -0.15) is 0 Å². The molecule has 0 aliphatic carbocycles. The Morgan fingerprint density at radius 3 is 2.55 bits per heavy atom. The lowest BCUT2D eigenvalue weighted by molar-refractivity contribution is -0.122. The van der Waals surface area contributed by atoms with Crippen LogP contribution in [0.5, 0.6) is 0 Å². The first kappa shape index (κ1) is 21.0. The third-order valence-electron chi connectivity index (χ3n) is 5.10. The number of thiocarbonyl (C=S) groups is 1. The van der Waals surface area contributed by atoms with Crippen LogP contribution in [-0.2, 0) is 9.59 Å². The second-order valence-corrected chi connectivity index (χ2v) is 8.06. The van der Waals surface area contributed by atoms with Gasteiger partial charge in [0.1, 0.15) is 11.4 Å². The monoisotopic (exact) mass is 450 g/mol. The first-order chi connectivity index (χ1) is 14.8. The molecule has 1 saturated heterocycles. The third kappa shape index (κ3) is 3.78. The number of pyridine rings is 1. The van der Waals surface area contributed by atoms with Gasteiger partial charge in [-0.05, 0) is 80.5 Å². The van der Waals surface area contributed by atoms with E-state index in [-0.39, 0.29) is 10.7 Å². The van der Waals surface area contributed by atoms with Gasteiger partial charge in [0.2, 0.25) is 0 Å². The molecule has 1 aliphatic heterocycles. The second-order valence-electron chi connectivity index (χ2n) is 7.26. The fourth-order valence-electron chi connectivity index (χ4n) is 3.59. The molecule has 0 radical (unpaired) electrons. The van der Waals surface area contributed by atoms with Crippen molar-refractivity contribution in [3.05, 3.63) is 81.8 Å². The molecule has 3 aromatic rings. The Balaban J connectivity index is 1.79. The number of aromatic nitrogens is 2. The summed E-state index contributed by atoms with van der Waals surface area (Å²) < 4.78 is 1.99. The summed E-state index contributed by atoms with van der Waals surface area (Å²) in [4.78, 5) is 31.6. The number of halogens is 1. The number of nitrogens with zero attached hydrogens (tertiary/aromatic N) is 3. The van der Waals surface area contributed by atoms with E-state index in [2.05, 4.69) is 10.3 Å². The topological polar surface area (TPSA) is 67.2 Å². The van der Waals surface area contributed by atoms with Gasteiger partial charge in [-0.15, -0.1) is 0 Å². The molecule has 8 heteroatoms. The number of carbonyl (C=O) groups excluding carboxylic acids is 2. The number of hydrogen-bond acceptors (Lipinski definition) is 4. The van der Waals surface area contributed by atoms with Crippen LogP contribution in [0.4, 0.5) is 5.69 Å². The molecule has 0 saturated carbocycles. The standard InChI is InChI=1S/C23H19ClN4O2S/c1-13-8-9-25-20(10-13)27-14(2)11-16(15(27)3)12-17-21(29)26-23(31)28(22(17)30)19-7-5-4-6-18(19)24/h4-12H,1-3H3,(H,26,29,31)/b17-12+. The van der Waals surface area contributed by atoms with Crippen molar-refractivity contribution in [2.24, 2.45) is 0 Å². The van der Waals surface area contributed by atoms with Crippen LogP contribution in [0.2, 0.25) is 5.02 Å². The van der Waals surface area contributed by atoms with Crippen LogP contribution in [0.1, 0.15) is 22.5 Å². The molecule has 0 unspecified atom stereocenters. The third-order valence-corrected chi connectivity index (χ3v) is 5.70. The lowest BCUT2D eigenvalue weighted by atomic mass is 10.1. The quantitative estimate of drug-likeness (QED) is 0.367. The molecule has 1 aliphatic rings. The lowest BCUT2D eigenvalue weighted by Crippen LogP contribution is -2.54. The van der Waals surface area contributed by atoms with Gasteiger partial charge >= 0.3 is 0 Å². The van der Waals surface area contributed by atoms with Crippen LogP contribution in [0.25, 0.3) is 11.9 Å². The Labute approximate surface area is 190 Å². The summed E-state index contributed by atoms with van der Waals surface area (Å²) in [7, 11) is 0. The smallest absolute Gasteiger partial charge is 0.270 e. The van der Waals surface area contributed by atoms with Crippen LogP contribution in [-0.4, -0.2) is 26.5 Å². The molecule has 156 valence electrons. The van der Waals surface area contributed by atoms with E-state index in [1.54, 1.807) is 36.5 Å². The minimum atomic E-state index is -0.545.